The Morgan fingerprint density at radius 1 is 0.957 bits per heavy atom. The van der Waals surface area contributed by atoms with E-state index in [0.29, 0.717) is 27.8 Å². The van der Waals surface area contributed by atoms with Crippen LogP contribution in [0.15, 0.2) is 77.0 Å². The molecular weight excluding hydrogens is 647 g/mol. The van der Waals surface area contributed by atoms with Gasteiger partial charge in [-0.3, -0.25) is 9.48 Å². The Morgan fingerprint density at radius 3 is 2.17 bits per heavy atom. The summed E-state index contributed by atoms with van der Waals surface area (Å²) in [5, 5.41) is 9.47. The summed E-state index contributed by atoms with van der Waals surface area (Å²) in [5.74, 6) is -0.780. The van der Waals surface area contributed by atoms with Gasteiger partial charge in [-0.05, 0) is 81.8 Å². The number of urea groups is 1. The lowest BCUT2D eigenvalue weighted by atomic mass is 10.2. The second-order valence-electron chi connectivity index (χ2n) is 10.9. The van der Waals surface area contributed by atoms with Crippen molar-refractivity contribution in [3.8, 4) is 10.6 Å². The van der Waals surface area contributed by atoms with Crippen molar-refractivity contribution in [2.24, 2.45) is 7.05 Å². The van der Waals surface area contributed by atoms with E-state index in [9.17, 15) is 31.2 Å². The van der Waals surface area contributed by atoms with Crippen LogP contribution in [-0.4, -0.2) is 54.0 Å². The van der Waals surface area contributed by atoms with Crippen molar-refractivity contribution in [1.29, 1.82) is 0 Å². The molecule has 2 heterocycles. The van der Waals surface area contributed by atoms with Crippen molar-refractivity contribution in [3.05, 3.63) is 84.1 Å². The maximum atomic E-state index is 13.5. The number of ether oxygens (including phenoxy) is 1. The fraction of sp³-hybridized carbons (Fsp3) is 0.300. The normalized spacial score (nSPS) is 12.2. The van der Waals surface area contributed by atoms with Crippen LogP contribution < -0.4 is 10.6 Å². The predicted molar refractivity (Wildman–Crippen MR) is 167 cm³/mol. The third kappa shape index (κ3) is 9.38. The van der Waals surface area contributed by atoms with Gasteiger partial charge in [0.15, 0.2) is 5.69 Å². The Balaban J connectivity index is 1.50. The molecule has 0 saturated heterocycles. The van der Waals surface area contributed by atoms with Crippen LogP contribution in [0.1, 0.15) is 43.2 Å². The standard InChI is InChI=1S/C30H32F3N5O6S2/c1-29(2,3)43-18-8-17-38(27(39)20-11-13-22(14-12-20)35-28(40)34-21-9-6-5-7-10-21)44-46(41,42)26-16-15-24(45-26)23-19-25(30(31,32)33)36-37(23)4/h5-7,9-16,19H,8,17-18H2,1-4H3,(H2,34,35,40). The number of benzene rings is 2. The van der Waals surface area contributed by atoms with Crippen LogP contribution in [0.2, 0.25) is 0 Å². The highest BCUT2D eigenvalue weighted by molar-refractivity contribution is 7.89. The summed E-state index contributed by atoms with van der Waals surface area (Å²) in [6.07, 6.45) is -4.45. The molecule has 0 aliphatic rings. The smallest absolute Gasteiger partial charge is 0.376 e. The monoisotopic (exact) mass is 679 g/mol. The van der Waals surface area contributed by atoms with Gasteiger partial charge in [-0.15, -0.1) is 15.6 Å². The van der Waals surface area contributed by atoms with E-state index in [4.69, 9.17) is 9.02 Å². The fourth-order valence-corrected chi connectivity index (χ4v) is 6.24. The third-order valence-corrected chi connectivity index (χ3v) is 8.90. The van der Waals surface area contributed by atoms with Gasteiger partial charge in [0.2, 0.25) is 0 Å². The van der Waals surface area contributed by atoms with E-state index in [1.54, 1.807) is 24.3 Å². The Labute approximate surface area is 268 Å². The Morgan fingerprint density at radius 2 is 1.59 bits per heavy atom. The molecule has 16 heteroatoms. The summed E-state index contributed by atoms with van der Waals surface area (Å²) < 4.78 is 77.7. The second kappa shape index (κ2) is 14.0. The summed E-state index contributed by atoms with van der Waals surface area (Å²) in [6, 6.07) is 17.4. The lowest BCUT2D eigenvalue weighted by Gasteiger charge is -2.23. The molecule has 0 atom stereocenters. The number of nitrogens with one attached hydrogen (secondary N) is 2. The van der Waals surface area contributed by atoms with Gasteiger partial charge in [0.05, 0.1) is 22.7 Å². The molecule has 0 bridgehead atoms. The minimum absolute atomic E-state index is 0.0529. The van der Waals surface area contributed by atoms with Crippen molar-refractivity contribution in [3.63, 3.8) is 0 Å². The first-order valence-electron chi connectivity index (χ1n) is 13.9. The highest BCUT2D eigenvalue weighted by Crippen LogP contribution is 2.36. The topological polar surface area (TPSA) is 132 Å². The molecule has 46 heavy (non-hydrogen) atoms. The maximum absolute atomic E-state index is 13.5. The number of amides is 3. The number of carbonyl (C=O) groups is 2. The van der Waals surface area contributed by atoms with Crippen molar-refractivity contribution in [1.82, 2.24) is 14.8 Å². The van der Waals surface area contributed by atoms with E-state index in [1.165, 1.54) is 43.4 Å². The van der Waals surface area contributed by atoms with Gasteiger partial charge < -0.3 is 15.4 Å². The first-order chi connectivity index (χ1) is 21.5. The number of hydrogen-bond donors (Lipinski definition) is 2. The number of alkyl halides is 3. The number of anilines is 2. The number of aryl methyl sites for hydroxylation is 1. The van der Waals surface area contributed by atoms with Gasteiger partial charge in [-0.25, -0.2) is 4.79 Å². The highest BCUT2D eigenvalue weighted by atomic mass is 32.3. The number of carbonyl (C=O) groups excluding carboxylic acids is 2. The molecule has 0 aliphatic heterocycles. The molecule has 2 aromatic carbocycles. The zero-order chi connectivity index (χ0) is 33.7. The SMILES string of the molecule is Cn1nc(C(F)(F)F)cc1-c1ccc(S(=O)(=O)ON(CCCOC(C)(C)C)C(=O)c2ccc(NC(=O)Nc3ccccc3)cc2)s1. The number of hydrogen-bond acceptors (Lipinski definition) is 8. The molecule has 0 spiro atoms. The lowest BCUT2D eigenvalue weighted by Crippen LogP contribution is -2.35. The van der Waals surface area contributed by atoms with Crippen molar-refractivity contribution >= 4 is 44.8 Å². The van der Waals surface area contributed by atoms with E-state index in [1.807, 2.05) is 26.8 Å². The highest BCUT2D eigenvalue weighted by Gasteiger charge is 2.35. The summed E-state index contributed by atoms with van der Waals surface area (Å²) in [4.78, 5) is 26.0. The van der Waals surface area contributed by atoms with E-state index < -0.39 is 39.5 Å². The van der Waals surface area contributed by atoms with Crippen LogP contribution in [-0.2, 0) is 32.4 Å². The van der Waals surface area contributed by atoms with E-state index in [-0.39, 0.29) is 39.9 Å². The summed E-state index contributed by atoms with van der Waals surface area (Å²) >= 11 is 0.670. The second-order valence-corrected chi connectivity index (χ2v) is 13.8. The molecule has 4 aromatic rings. The molecule has 2 N–H and O–H groups in total. The first-order valence-corrected chi connectivity index (χ1v) is 16.1. The van der Waals surface area contributed by atoms with E-state index in [0.717, 1.165) is 10.7 Å². The maximum Gasteiger partial charge on any atom is 0.435 e. The van der Waals surface area contributed by atoms with Gasteiger partial charge in [-0.2, -0.15) is 31.8 Å². The molecular formula is C30H32F3N5O6S2. The molecule has 11 nitrogen and oxygen atoms in total. The lowest BCUT2D eigenvalue weighted by molar-refractivity contribution is -0.141. The van der Waals surface area contributed by atoms with Crippen molar-refractivity contribution in [2.45, 2.75) is 43.2 Å². The van der Waals surface area contributed by atoms with Crippen LogP contribution >= 0.6 is 11.3 Å². The van der Waals surface area contributed by atoms with Crippen LogP contribution in [0.4, 0.5) is 29.3 Å². The Kier molecular flexibility index (Phi) is 10.6. The quantitative estimate of drug-likeness (QED) is 0.132. The molecule has 0 aliphatic carbocycles. The van der Waals surface area contributed by atoms with Crippen LogP contribution in [0.3, 0.4) is 0 Å². The van der Waals surface area contributed by atoms with Gasteiger partial charge in [0.25, 0.3) is 5.91 Å². The molecule has 0 unspecified atom stereocenters. The number of hydroxylamine groups is 2. The molecule has 0 radical (unpaired) electrons. The van der Waals surface area contributed by atoms with Crippen LogP contribution in [0.25, 0.3) is 10.6 Å². The van der Waals surface area contributed by atoms with Gasteiger partial charge in [0.1, 0.15) is 4.21 Å². The summed E-state index contributed by atoms with van der Waals surface area (Å²) in [6.45, 7) is 5.58. The zero-order valence-electron chi connectivity index (χ0n) is 25.3. The van der Waals surface area contributed by atoms with E-state index >= 15 is 0 Å². The number of thiophene rings is 1. The van der Waals surface area contributed by atoms with Crippen LogP contribution in [0, 0.1) is 0 Å². The molecule has 4 rings (SSSR count). The number of nitrogens with zero attached hydrogens (tertiary/aromatic N) is 3. The molecule has 3 amide bonds. The van der Waals surface area contributed by atoms with Gasteiger partial charge >= 0.3 is 22.3 Å². The van der Waals surface area contributed by atoms with Crippen molar-refractivity contribution < 1.29 is 40.2 Å². The Hall–Kier alpha value is -4.25. The van der Waals surface area contributed by atoms with Gasteiger partial charge in [-0.1, -0.05) is 18.2 Å². The molecule has 2 aromatic heterocycles. The first kappa shape index (κ1) is 34.6. The van der Waals surface area contributed by atoms with Crippen LogP contribution in [0.5, 0.6) is 0 Å². The number of halogens is 3. The molecule has 0 saturated carbocycles. The summed E-state index contributed by atoms with van der Waals surface area (Å²) in [7, 11) is -3.28. The molecule has 246 valence electrons. The number of para-hydroxylation sites is 1. The fourth-order valence-electron chi connectivity index (χ4n) is 4.00. The van der Waals surface area contributed by atoms with E-state index in [2.05, 4.69) is 15.7 Å². The number of aromatic nitrogens is 2. The average Bonchev–Trinajstić information content (AvgIpc) is 3.62. The van der Waals surface area contributed by atoms with Gasteiger partial charge in [0, 0.05) is 30.6 Å². The predicted octanol–water partition coefficient (Wildman–Crippen LogP) is 6.78. The minimum atomic E-state index is -4.67. The summed E-state index contributed by atoms with van der Waals surface area (Å²) in [5.41, 5.74) is -0.507. The zero-order valence-corrected chi connectivity index (χ0v) is 26.9. The minimum Gasteiger partial charge on any atom is -0.376 e. The molecule has 0 fully saturated rings. The average molecular weight is 680 g/mol. The Bertz CT molecular complexity index is 1770. The largest absolute Gasteiger partial charge is 0.435 e. The number of rotatable bonds is 11. The third-order valence-electron chi connectivity index (χ3n) is 6.13. The van der Waals surface area contributed by atoms with Crippen molar-refractivity contribution in [2.75, 3.05) is 23.8 Å².